The summed E-state index contributed by atoms with van der Waals surface area (Å²) in [5.74, 6) is 0.477. The van der Waals surface area contributed by atoms with E-state index in [4.69, 9.17) is 11.3 Å². The molecule has 3 amide bonds. The Bertz CT molecular complexity index is 938. The van der Waals surface area contributed by atoms with Crippen LogP contribution in [0.1, 0.15) is 25.8 Å². The first-order valence-electron chi connectivity index (χ1n) is 9.10. The number of aryl methyl sites for hydroxylation is 1. The van der Waals surface area contributed by atoms with Crippen molar-refractivity contribution in [3.8, 4) is 5.75 Å². The monoisotopic (exact) mass is 465 g/mol. The van der Waals surface area contributed by atoms with Crippen molar-refractivity contribution in [3.05, 3.63) is 65.5 Å². The summed E-state index contributed by atoms with van der Waals surface area (Å²) in [5.41, 5.74) is 0.484. The van der Waals surface area contributed by atoms with E-state index in [-0.39, 0.29) is 44.6 Å². The number of hydrogen-bond donors (Lipinski definition) is 0. The molecule has 29 heavy (non-hydrogen) atoms. The molecule has 2 aromatic rings. The Morgan fingerprint density at radius 2 is 1.83 bits per heavy atom. The smallest absolute Gasteiger partial charge is 0.330 e. The van der Waals surface area contributed by atoms with Crippen molar-refractivity contribution in [1.29, 1.82) is 0 Å². The standard InChI is InChI=1S/C22H22N3O3.Y/c1-16-15-17(11-12-19(16)23-4)25-20(26)22(2,3)24(21(25)27)13-8-14-28-18-9-6-5-7-10-18;/h5-7,9-12H,8,13-14H2,1-3H3;/q-1;. The number of amides is 3. The third kappa shape index (κ3) is 4.68. The fourth-order valence-corrected chi connectivity index (χ4v) is 3.18. The van der Waals surface area contributed by atoms with Crippen LogP contribution in [0.3, 0.4) is 0 Å². The molecule has 6 nitrogen and oxygen atoms in total. The molecule has 0 bridgehead atoms. The molecule has 0 N–H and O–H groups in total. The van der Waals surface area contributed by atoms with Gasteiger partial charge in [-0.2, -0.15) is 0 Å². The molecule has 2 aromatic carbocycles. The normalized spacial score (nSPS) is 15.1. The molecular formula is C22H22N3O3Y-. The summed E-state index contributed by atoms with van der Waals surface area (Å²) in [4.78, 5) is 32.0. The van der Waals surface area contributed by atoms with Crippen molar-refractivity contribution in [1.82, 2.24) is 4.90 Å². The minimum atomic E-state index is -0.954. The van der Waals surface area contributed by atoms with E-state index >= 15 is 0 Å². The van der Waals surface area contributed by atoms with Gasteiger partial charge in [-0.25, -0.2) is 9.64 Å². The fourth-order valence-electron chi connectivity index (χ4n) is 3.18. The average molecular weight is 465 g/mol. The van der Waals surface area contributed by atoms with Crippen LogP contribution in [0.5, 0.6) is 5.75 Å². The average Bonchev–Trinajstić information content (AvgIpc) is 2.85. The third-order valence-corrected chi connectivity index (χ3v) is 4.82. The Morgan fingerprint density at radius 1 is 1.14 bits per heavy atom. The van der Waals surface area contributed by atoms with Gasteiger partial charge in [0.05, 0.1) is 6.61 Å². The van der Waals surface area contributed by atoms with Crippen LogP contribution in [0.25, 0.3) is 4.85 Å². The number of ether oxygens (including phenoxy) is 1. The van der Waals surface area contributed by atoms with Crippen LogP contribution in [-0.2, 0) is 37.5 Å². The summed E-state index contributed by atoms with van der Waals surface area (Å²) in [6.45, 7) is 13.2. The predicted octanol–water partition coefficient (Wildman–Crippen LogP) is 4.36. The zero-order valence-corrected chi connectivity index (χ0v) is 19.6. The van der Waals surface area contributed by atoms with Crippen molar-refractivity contribution in [3.63, 3.8) is 0 Å². The van der Waals surface area contributed by atoms with E-state index in [2.05, 4.69) is 10.9 Å². The Kier molecular flexibility index (Phi) is 7.56. The molecule has 1 aliphatic heterocycles. The molecule has 1 aliphatic rings. The van der Waals surface area contributed by atoms with Gasteiger partial charge >= 0.3 is 6.03 Å². The van der Waals surface area contributed by atoms with Gasteiger partial charge < -0.3 is 9.64 Å². The number of anilines is 1. The molecule has 1 radical (unpaired) electrons. The molecule has 0 aliphatic carbocycles. The number of imide groups is 1. The molecular weight excluding hydrogens is 443 g/mol. The molecule has 1 saturated heterocycles. The van der Waals surface area contributed by atoms with Gasteiger partial charge in [-0.15, -0.1) is 12.1 Å². The van der Waals surface area contributed by atoms with Gasteiger partial charge in [-0.3, -0.25) is 9.69 Å². The number of urea groups is 1. The summed E-state index contributed by atoms with van der Waals surface area (Å²) in [7, 11) is 0. The van der Waals surface area contributed by atoms with Crippen LogP contribution in [0.15, 0.2) is 42.5 Å². The van der Waals surface area contributed by atoms with Gasteiger partial charge in [0.15, 0.2) is 0 Å². The molecule has 0 aromatic heterocycles. The Morgan fingerprint density at radius 3 is 2.45 bits per heavy atom. The SMILES string of the molecule is [C-]#[N+]c1ccc(N2C(=O)N(CCCOc3ccccc3)C(C)(C)C2=O)[c-]c1C.[Y]. The Balaban J connectivity index is 0.00000300. The van der Waals surface area contributed by atoms with Crippen LogP contribution in [0.2, 0.25) is 0 Å². The van der Waals surface area contributed by atoms with Gasteiger partial charge in [0, 0.05) is 39.3 Å². The molecule has 0 saturated carbocycles. The minimum Gasteiger partial charge on any atom is -0.494 e. The predicted molar refractivity (Wildman–Crippen MR) is 106 cm³/mol. The number of carbonyl (C=O) groups excluding carboxylic acids is 2. The summed E-state index contributed by atoms with van der Waals surface area (Å²) < 4.78 is 5.68. The largest absolute Gasteiger partial charge is 0.494 e. The summed E-state index contributed by atoms with van der Waals surface area (Å²) >= 11 is 0. The van der Waals surface area contributed by atoms with E-state index < -0.39 is 5.54 Å². The van der Waals surface area contributed by atoms with Gasteiger partial charge in [-0.1, -0.05) is 42.4 Å². The zero-order valence-electron chi connectivity index (χ0n) is 16.8. The van der Waals surface area contributed by atoms with Gasteiger partial charge in [0.1, 0.15) is 17.9 Å². The van der Waals surface area contributed by atoms with Crippen LogP contribution < -0.4 is 9.64 Å². The molecule has 7 heteroatoms. The molecule has 0 unspecified atom stereocenters. The number of rotatable bonds is 6. The maximum absolute atomic E-state index is 13.0. The van der Waals surface area contributed by atoms with Crippen LogP contribution in [0.4, 0.5) is 16.2 Å². The molecule has 147 valence electrons. The van der Waals surface area contributed by atoms with Crippen LogP contribution >= 0.6 is 0 Å². The number of carbonyl (C=O) groups is 2. The van der Waals surface area contributed by atoms with E-state index in [1.54, 1.807) is 37.8 Å². The van der Waals surface area contributed by atoms with Gasteiger partial charge in [-0.05, 0) is 32.4 Å². The maximum atomic E-state index is 13.0. The number of nitrogens with zero attached hydrogens (tertiary/aromatic N) is 3. The molecule has 0 atom stereocenters. The van der Waals surface area contributed by atoms with Crippen molar-refractivity contribution in [2.24, 2.45) is 0 Å². The molecule has 1 fully saturated rings. The zero-order chi connectivity index (χ0) is 20.3. The first-order chi connectivity index (χ1) is 13.4. The van der Waals surface area contributed by atoms with Gasteiger partial charge in [0.2, 0.25) is 5.69 Å². The van der Waals surface area contributed by atoms with E-state index in [0.717, 1.165) is 10.6 Å². The summed E-state index contributed by atoms with van der Waals surface area (Å²) in [6.07, 6.45) is 0.602. The second-order valence-corrected chi connectivity index (χ2v) is 7.11. The van der Waals surface area contributed by atoms with Crippen LogP contribution in [0, 0.1) is 19.6 Å². The van der Waals surface area contributed by atoms with Crippen molar-refractivity contribution < 1.29 is 47.0 Å². The topological polar surface area (TPSA) is 54.2 Å². The Hall–Kier alpha value is -2.23. The second-order valence-electron chi connectivity index (χ2n) is 7.11. The second kappa shape index (κ2) is 9.51. The van der Waals surface area contributed by atoms with Crippen LogP contribution in [-0.4, -0.2) is 35.5 Å². The summed E-state index contributed by atoms with van der Waals surface area (Å²) in [6, 6.07) is 15.3. The fraction of sp³-hybridized carbons (Fsp3) is 0.318. The van der Waals surface area contributed by atoms with Crippen molar-refractivity contribution in [2.75, 3.05) is 18.1 Å². The van der Waals surface area contributed by atoms with Crippen molar-refractivity contribution in [2.45, 2.75) is 32.7 Å². The third-order valence-electron chi connectivity index (χ3n) is 4.82. The van der Waals surface area contributed by atoms with E-state index in [9.17, 15) is 9.59 Å². The van der Waals surface area contributed by atoms with E-state index in [1.807, 2.05) is 30.3 Å². The maximum Gasteiger partial charge on any atom is 0.330 e. The minimum absolute atomic E-state index is 0. The van der Waals surface area contributed by atoms with E-state index in [1.165, 1.54) is 0 Å². The first kappa shape index (κ1) is 23.1. The number of benzene rings is 2. The number of hydrogen-bond acceptors (Lipinski definition) is 3. The molecule has 0 spiro atoms. The Labute approximate surface area is 196 Å². The van der Waals surface area contributed by atoms with Crippen molar-refractivity contribution >= 4 is 23.3 Å². The van der Waals surface area contributed by atoms with E-state index in [0.29, 0.717) is 36.5 Å². The quantitative estimate of drug-likeness (QED) is 0.362. The molecule has 3 rings (SSSR count). The van der Waals surface area contributed by atoms with Gasteiger partial charge in [0.25, 0.3) is 5.91 Å². The first-order valence-corrected chi connectivity index (χ1v) is 9.10. The molecule has 1 heterocycles. The number of para-hydroxylation sites is 1. The summed E-state index contributed by atoms with van der Waals surface area (Å²) in [5, 5.41) is 0.